The number of anilines is 2. The molecule has 4 rings (SSSR count). The number of hydrogen-bond donors (Lipinski definition) is 1. The maximum Gasteiger partial charge on any atom is 0.331 e. The van der Waals surface area contributed by atoms with Gasteiger partial charge in [0.2, 0.25) is 0 Å². The molecule has 0 bridgehead atoms. The molecule has 0 saturated carbocycles. The number of nitro groups is 1. The number of hydrogen-bond acceptors (Lipinski definition) is 10. The lowest BCUT2D eigenvalue weighted by Crippen LogP contribution is -2.46. The van der Waals surface area contributed by atoms with E-state index in [4.69, 9.17) is 0 Å². The molecule has 12 heteroatoms. The highest BCUT2D eigenvalue weighted by atomic mass is 32.2. The minimum atomic E-state index is -0.652. The van der Waals surface area contributed by atoms with E-state index in [0.717, 1.165) is 55.4 Å². The SMILES string of the molecule is COC(=O)/C=C1/S/C(=N\N=Cc2cc([N+](=O)[O-])ccc2N2CCN(c3ccccc3)CC2)NC1=O. The number of ether oxygens (including phenoxy) is 1. The van der Waals surface area contributed by atoms with E-state index < -0.39 is 16.8 Å². The first-order valence-electron chi connectivity index (χ1n) is 10.7. The fourth-order valence-corrected chi connectivity index (χ4v) is 4.41. The molecule has 0 atom stereocenters. The van der Waals surface area contributed by atoms with E-state index >= 15 is 0 Å². The molecule has 0 spiro atoms. The Kier molecular flexibility index (Phi) is 7.41. The van der Waals surface area contributed by atoms with Crippen molar-refractivity contribution in [2.75, 3.05) is 43.1 Å². The Labute approximate surface area is 205 Å². The maximum atomic E-state index is 12.0. The lowest BCUT2D eigenvalue weighted by Gasteiger charge is -2.37. The van der Waals surface area contributed by atoms with Crippen molar-refractivity contribution >= 4 is 52.1 Å². The van der Waals surface area contributed by atoms with Crippen molar-refractivity contribution in [2.45, 2.75) is 0 Å². The van der Waals surface area contributed by atoms with Gasteiger partial charge in [-0.05, 0) is 30.0 Å². The number of para-hydroxylation sites is 1. The van der Waals surface area contributed by atoms with Crippen molar-refractivity contribution in [2.24, 2.45) is 10.2 Å². The Balaban J connectivity index is 1.51. The van der Waals surface area contributed by atoms with Gasteiger partial charge in [-0.15, -0.1) is 5.10 Å². The second-order valence-electron chi connectivity index (χ2n) is 7.55. The molecular weight excluding hydrogens is 472 g/mol. The minimum Gasteiger partial charge on any atom is -0.466 e. The van der Waals surface area contributed by atoms with Crippen LogP contribution < -0.4 is 15.1 Å². The molecule has 0 unspecified atom stereocenters. The summed E-state index contributed by atoms with van der Waals surface area (Å²) in [6.07, 6.45) is 2.49. The summed E-state index contributed by atoms with van der Waals surface area (Å²) in [6, 6.07) is 14.8. The Bertz CT molecular complexity index is 1220. The minimum absolute atomic E-state index is 0.0578. The van der Waals surface area contributed by atoms with E-state index in [9.17, 15) is 19.7 Å². The summed E-state index contributed by atoms with van der Waals surface area (Å²) >= 11 is 0.948. The van der Waals surface area contributed by atoms with Crippen molar-refractivity contribution < 1.29 is 19.2 Å². The Morgan fingerprint density at radius 1 is 1.14 bits per heavy atom. The van der Waals surface area contributed by atoms with Gasteiger partial charge in [-0.3, -0.25) is 20.2 Å². The van der Waals surface area contributed by atoms with Gasteiger partial charge in [0.05, 0.1) is 23.2 Å². The number of amides is 1. The smallest absolute Gasteiger partial charge is 0.331 e. The molecule has 0 radical (unpaired) electrons. The van der Waals surface area contributed by atoms with Gasteiger partial charge in [0.25, 0.3) is 11.6 Å². The molecule has 2 aromatic carbocycles. The zero-order valence-electron chi connectivity index (χ0n) is 18.8. The fourth-order valence-electron chi connectivity index (χ4n) is 3.68. The zero-order chi connectivity index (χ0) is 24.8. The zero-order valence-corrected chi connectivity index (χ0v) is 19.6. The molecule has 2 saturated heterocycles. The molecule has 2 aromatic rings. The summed E-state index contributed by atoms with van der Waals surface area (Å²) in [5.74, 6) is -1.14. The van der Waals surface area contributed by atoms with Crippen LogP contribution in [0.5, 0.6) is 0 Å². The van der Waals surface area contributed by atoms with Crippen LogP contribution >= 0.6 is 11.8 Å². The van der Waals surface area contributed by atoms with Gasteiger partial charge in [-0.25, -0.2) is 4.79 Å². The number of amidine groups is 1. The summed E-state index contributed by atoms with van der Waals surface area (Å²) in [6.45, 7) is 3.07. The van der Waals surface area contributed by atoms with E-state index in [1.54, 1.807) is 6.07 Å². The van der Waals surface area contributed by atoms with Gasteiger partial charge < -0.3 is 14.5 Å². The molecule has 2 heterocycles. The Morgan fingerprint density at radius 2 is 1.86 bits per heavy atom. The van der Waals surface area contributed by atoms with Crippen LogP contribution in [0.15, 0.2) is 69.7 Å². The number of carbonyl (C=O) groups excluding carboxylic acids is 2. The highest BCUT2D eigenvalue weighted by Gasteiger charge is 2.25. The number of carbonyl (C=O) groups is 2. The number of nitrogens with one attached hydrogen (secondary N) is 1. The topological polar surface area (TPSA) is 130 Å². The van der Waals surface area contributed by atoms with Crippen molar-refractivity contribution in [1.82, 2.24) is 5.32 Å². The number of esters is 1. The van der Waals surface area contributed by atoms with Gasteiger partial charge in [0.15, 0.2) is 5.17 Å². The number of nitro benzene ring substituents is 1. The predicted molar refractivity (Wildman–Crippen MR) is 135 cm³/mol. The molecule has 1 N–H and O–H groups in total. The van der Waals surface area contributed by atoms with Gasteiger partial charge in [0.1, 0.15) is 0 Å². The van der Waals surface area contributed by atoms with Crippen LogP contribution in [0.2, 0.25) is 0 Å². The van der Waals surface area contributed by atoms with Crippen molar-refractivity contribution in [3.8, 4) is 0 Å². The number of benzene rings is 2. The second kappa shape index (κ2) is 10.8. The molecule has 2 fully saturated rings. The number of non-ortho nitro benzene ring substituents is 1. The molecule has 0 aliphatic carbocycles. The number of nitrogens with zero attached hydrogens (tertiary/aromatic N) is 5. The first kappa shape index (κ1) is 24.0. The number of piperazine rings is 1. The first-order chi connectivity index (χ1) is 16.9. The van der Waals surface area contributed by atoms with Gasteiger partial charge in [0, 0.05) is 61.3 Å². The Morgan fingerprint density at radius 3 is 2.54 bits per heavy atom. The lowest BCUT2D eigenvalue weighted by atomic mass is 10.1. The van der Waals surface area contributed by atoms with E-state index in [-0.39, 0.29) is 15.8 Å². The molecule has 11 nitrogen and oxygen atoms in total. The second-order valence-corrected chi connectivity index (χ2v) is 8.58. The van der Waals surface area contributed by atoms with Crippen LogP contribution in [0.25, 0.3) is 0 Å². The van der Waals surface area contributed by atoms with E-state index in [1.807, 2.05) is 18.2 Å². The number of rotatable bonds is 6. The largest absolute Gasteiger partial charge is 0.466 e. The summed E-state index contributed by atoms with van der Waals surface area (Å²) in [5, 5.41) is 22.0. The maximum absolute atomic E-state index is 12.0. The summed E-state index contributed by atoms with van der Waals surface area (Å²) in [4.78, 5) is 38.8. The van der Waals surface area contributed by atoms with E-state index in [0.29, 0.717) is 5.56 Å². The summed E-state index contributed by atoms with van der Waals surface area (Å²) < 4.78 is 4.53. The van der Waals surface area contributed by atoms with Crippen molar-refractivity contribution in [3.05, 3.63) is 75.2 Å². The average Bonchev–Trinajstić information content (AvgIpc) is 3.23. The number of methoxy groups -OCH3 is 1. The molecule has 1 amide bonds. The van der Waals surface area contributed by atoms with Gasteiger partial charge in [-0.1, -0.05) is 18.2 Å². The Hall–Kier alpha value is -4.19. The third kappa shape index (κ3) is 5.84. The first-order valence-corrected chi connectivity index (χ1v) is 11.5. The van der Waals surface area contributed by atoms with Crippen LogP contribution in [-0.4, -0.2) is 61.5 Å². The van der Waals surface area contributed by atoms with Gasteiger partial charge >= 0.3 is 5.97 Å². The van der Waals surface area contributed by atoms with Crippen LogP contribution in [0.1, 0.15) is 5.56 Å². The van der Waals surface area contributed by atoms with E-state index in [2.05, 4.69) is 42.2 Å². The monoisotopic (exact) mass is 494 g/mol. The summed E-state index contributed by atoms with van der Waals surface area (Å²) in [7, 11) is 1.22. The molecule has 0 aromatic heterocycles. The van der Waals surface area contributed by atoms with Crippen molar-refractivity contribution in [1.29, 1.82) is 0 Å². The molecular formula is C23H22N6O5S. The lowest BCUT2D eigenvalue weighted by molar-refractivity contribution is -0.384. The third-order valence-electron chi connectivity index (χ3n) is 5.41. The van der Waals surface area contributed by atoms with Gasteiger partial charge in [-0.2, -0.15) is 5.10 Å². The standard InChI is InChI=1S/C23H22N6O5S/c1-34-21(30)14-20-22(31)25-23(35-20)26-24-15-16-13-18(29(32)33)7-8-19(16)28-11-9-27(10-12-28)17-5-3-2-4-6-17/h2-8,13-15H,9-12H2,1H3,(H,25,26,31)/b20-14+,24-15?. The molecule has 2 aliphatic heterocycles. The quantitative estimate of drug-likeness (QED) is 0.213. The van der Waals surface area contributed by atoms with Crippen LogP contribution in [0.4, 0.5) is 17.1 Å². The predicted octanol–water partition coefficient (Wildman–Crippen LogP) is 2.53. The highest BCUT2D eigenvalue weighted by molar-refractivity contribution is 8.18. The molecule has 180 valence electrons. The average molecular weight is 495 g/mol. The molecule has 2 aliphatic rings. The normalized spacial score (nSPS) is 18.4. The van der Waals surface area contributed by atoms with Crippen LogP contribution in [-0.2, 0) is 14.3 Å². The summed E-state index contributed by atoms with van der Waals surface area (Å²) in [5.41, 5.74) is 2.45. The van der Waals surface area contributed by atoms with Crippen LogP contribution in [0, 0.1) is 10.1 Å². The molecule has 35 heavy (non-hydrogen) atoms. The van der Waals surface area contributed by atoms with E-state index in [1.165, 1.54) is 25.5 Å². The van der Waals surface area contributed by atoms with Crippen LogP contribution in [0.3, 0.4) is 0 Å². The fraction of sp³-hybridized carbons (Fsp3) is 0.217. The third-order valence-corrected chi connectivity index (χ3v) is 6.31. The number of thioether (sulfide) groups is 1. The van der Waals surface area contributed by atoms with Crippen molar-refractivity contribution in [3.63, 3.8) is 0 Å². The highest BCUT2D eigenvalue weighted by Crippen LogP contribution is 2.27.